The van der Waals surface area contributed by atoms with E-state index in [-0.39, 0.29) is 17.1 Å². The first-order valence-corrected chi connectivity index (χ1v) is 8.77. The molecule has 32 heavy (non-hydrogen) atoms. The molecular formula is C21H19F3N2O6. The lowest BCUT2D eigenvalue weighted by atomic mass is 10.1. The molecule has 2 rings (SSSR count). The number of alkyl halides is 3. The van der Waals surface area contributed by atoms with Crippen molar-refractivity contribution in [1.82, 2.24) is 5.32 Å². The van der Waals surface area contributed by atoms with Gasteiger partial charge in [0, 0.05) is 24.3 Å². The molecule has 0 bridgehead atoms. The van der Waals surface area contributed by atoms with Crippen molar-refractivity contribution in [3.05, 3.63) is 65.2 Å². The molecule has 0 radical (unpaired) electrons. The number of hydrogen-bond donors (Lipinski definition) is 3. The molecule has 8 nitrogen and oxygen atoms in total. The minimum absolute atomic E-state index is 0.00377. The fourth-order valence-electron chi connectivity index (χ4n) is 2.34. The number of ether oxygens (including phenoxy) is 2. The average Bonchev–Trinajstić information content (AvgIpc) is 2.72. The quantitative estimate of drug-likeness (QED) is 0.541. The van der Waals surface area contributed by atoms with Crippen LogP contribution in [0.3, 0.4) is 0 Å². The molecule has 0 amide bonds. The van der Waals surface area contributed by atoms with Crippen LogP contribution in [0.5, 0.6) is 17.2 Å². The van der Waals surface area contributed by atoms with Gasteiger partial charge in [-0.1, -0.05) is 12.1 Å². The molecule has 170 valence electrons. The lowest BCUT2D eigenvalue weighted by molar-refractivity contribution is -0.137. The Morgan fingerprint density at radius 3 is 2.22 bits per heavy atom. The summed E-state index contributed by atoms with van der Waals surface area (Å²) in [6.45, 7) is 0.494. The van der Waals surface area contributed by atoms with Crippen LogP contribution in [-0.2, 0) is 22.3 Å². The van der Waals surface area contributed by atoms with E-state index in [0.717, 1.165) is 23.8 Å². The summed E-state index contributed by atoms with van der Waals surface area (Å²) in [6.07, 6.45) is -3.41. The Hall–Kier alpha value is -4.04. The minimum Gasteiger partial charge on any atom is -0.492 e. The zero-order chi connectivity index (χ0) is 24.3. The number of methoxy groups -OCH3 is 1. The van der Waals surface area contributed by atoms with Crippen molar-refractivity contribution >= 4 is 11.9 Å². The smallest absolute Gasteiger partial charge is 0.416 e. The third kappa shape index (κ3) is 8.00. The molecule has 0 aliphatic carbocycles. The Bertz CT molecular complexity index is 1010. The van der Waals surface area contributed by atoms with E-state index in [1.807, 2.05) is 6.07 Å². The number of aliphatic carboxylic acids is 2. The van der Waals surface area contributed by atoms with Gasteiger partial charge in [-0.25, -0.2) is 9.59 Å². The largest absolute Gasteiger partial charge is 0.492 e. The van der Waals surface area contributed by atoms with Gasteiger partial charge < -0.3 is 25.0 Å². The van der Waals surface area contributed by atoms with Crippen LogP contribution in [0.15, 0.2) is 48.6 Å². The van der Waals surface area contributed by atoms with E-state index >= 15 is 0 Å². The molecule has 0 aliphatic rings. The number of carbonyl (C=O) groups is 2. The number of nitriles is 1. The number of benzene rings is 2. The average molecular weight is 452 g/mol. The summed E-state index contributed by atoms with van der Waals surface area (Å²) in [5.74, 6) is -2.05. The van der Waals surface area contributed by atoms with Gasteiger partial charge in [0.1, 0.15) is 11.8 Å². The summed E-state index contributed by atoms with van der Waals surface area (Å²) < 4.78 is 49.5. The number of halogens is 3. The number of carboxylic acids is 2. The monoisotopic (exact) mass is 452 g/mol. The van der Waals surface area contributed by atoms with Gasteiger partial charge in [-0.3, -0.25) is 0 Å². The Balaban J connectivity index is 0.000000547. The highest BCUT2D eigenvalue weighted by molar-refractivity contribution is 5.89. The number of rotatable bonds is 7. The number of nitrogens with zero attached hydrogens (tertiary/aromatic N) is 1. The standard InChI is InChI=1S/C17H15F3N2O2.C4H4O4/c1-22-10-12-4-3-5-14(16(12)23-2)24-15-8-13(17(18,19)20)7-6-11(15)9-21;5-3(6)1-2-4(7)8/h3-8,22H,10H2,1-2H3;1-2H,(H,5,6)(H,7,8). The third-order valence-corrected chi connectivity index (χ3v) is 3.65. The predicted molar refractivity (Wildman–Crippen MR) is 106 cm³/mol. The second-order valence-corrected chi connectivity index (χ2v) is 5.91. The van der Waals surface area contributed by atoms with Crippen molar-refractivity contribution in [2.45, 2.75) is 12.7 Å². The van der Waals surface area contributed by atoms with Gasteiger partial charge >= 0.3 is 18.1 Å². The Morgan fingerprint density at radius 1 is 1.12 bits per heavy atom. The van der Waals surface area contributed by atoms with Gasteiger partial charge in [0.2, 0.25) is 0 Å². The van der Waals surface area contributed by atoms with Crippen LogP contribution < -0.4 is 14.8 Å². The van der Waals surface area contributed by atoms with E-state index in [1.54, 1.807) is 25.2 Å². The van der Waals surface area contributed by atoms with Gasteiger partial charge in [-0.2, -0.15) is 18.4 Å². The molecule has 0 spiro atoms. The highest BCUT2D eigenvalue weighted by Gasteiger charge is 2.31. The lowest BCUT2D eigenvalue weighted by Gasteiger charge is -2.16. The van der Waals surface area contributed by atoms with E-state index < -0.39 is 23.7 Å². The fraction of sp³-hybridized carbons (Fsp3) is 0.190. The van der Waals surface area contributed by atoms with Crippen molar-refractivity contribution < 1.29 is 42.4 Å². The zero-order valence-electron chi connectivity index (χ0n) is 16.9. The summed E-state index contributed by atoms with van der Waals surface area (Å²) in [4.78, 5) is 19.1. The number of nitrogens with one attached hydrogen (secondary N) is 1. The molecule has 0 saturated heterocycles. The van der Waals surface area contributed by atoms with Crippen molar-refractivity contribution in [3.63, 3.8) is 0 Å². The highest BCUT2D eigenvalue weighted by atomic mass is 19.4. The predicted octanol–water partition coefficient (Wildman–Crippen LogP) is 3.81. The number of para-hydroxylation sites is 1. The fourth-order valence-corrected chi connectivity index (χ4v) is 2.34. The molecule has 0 saturated carbocycles. The van der Waals surface area contributed by atoms with Gasteiger partial charge in [0.05, 0.1) is 18.2 Å². The third-order valence-electron chi connectivity index (χ3n) is 3.65. The van der Waals surface area contributed by atoms with Gasteiger partial charge in [0.25, 0.3) is 0 Å². The Kier molecular flexibility index (Phi) is 9.72. The van der Waals surface area contributed by atoms with E-state index in [4.69, 9.17) is 24.9 Å². The van der Waals surface area contributed by atoms with Crippen LogP contribution in [0.2, 0.25) is 0 Å². The second-order valence-electron chi connectivity index (χ2n) is 5.91. The zero-order valence-corrected chi connectivity index (χ0v) is 16.9. The van der Waals surface area contributed by atoms with Crippen LogP contribution in [0, 0.1) is 11.3 Å². The van der Waals surface area contributed by atoms with Crippen molar-refractivity contribution in [2.75, 3.05) is 14.2 Å². The van der Waals surface area contributed by atoms with Crippen molar-refractivity contribution in [1.29, 1.82) is 5.26 Å². The number of carboxylic acid groups (broad SMARTS) is 2. The molecule has 11 heteroatoms. The van der Waals surface area contributed by atoms with Crippen molar-refractivity contribution in [2.24, 2.45) is 0 Å². The van der Waals surface area contributed by atoms with E-state index in [2.05, 4.69) is 5.32 Å². The van der Waals surface area contributed by atoms with Crippen LogP contribution in [0.4, 0.5) is 13.2 Å². The van der Waals surface area contributed by atoms with E-state index in [1.165, 1.54) is 7.11 Å². The number of hydrogen-bond acceptors (Lipinski definition) is 6. The Labute approximate surface area is 181 Å². The maximum Gasteiger partial charge on any atom is 0.416 e. The first-order chi connectivity index (χ1) is 15.0. The summed E-state index contributed by atoms with van der Waals surface area (Å²) in [5.41, 5.74) is -0.103. The van der Waals surface area contributed by atoms with E-state index in [0.29, 0.717) is 24.4 Å². The first-order valence-electron chi connectivity index (χ1n) is 8.77. The maximum absolute atomic E-state index is 12.9. The molecule has 0 aliphatic heterocycles. The van der Waals surface area contributed by atoms with Crippen LogP contribution in [0.25, 0.3) is 0 Å². The molecule has 0 heterocycles. The SMILES string of the molecule is CNCc1cccc(Oc2cc(C(F)(F)F)ccc2C#N)c1OC.O=C(O)C=CC(=O)O. The minimum atomic E-state index is -4.52. The van der Waals surface area contributed by atoms with Gasteiger partial charge in [-0.05, 0) is 31.3 Å². The topological polar surface area (TPSA) is 129 Å². The molecule has 0 aromatic heterocycles. The van der Waals surface area contributed by atoms with Crippen LogP contribution in [-0.4, -0.2) is 36.3 Å². The molecule has 3 N–H and O–H groups in total. The summed E-state index contributed by atoms with van der Waals surface area (Å²) >= 11 is 0. The van der Waals surface area contributed by atoms with Crippen LogP contribution >= 0.6 is 0 Å². The van der Waals surface area contributed by atoms with Gasteiger partial charge in [0.15, 0.2) is 11.5 Å². The lowest BCUT2D eigenvalue weighted by Crippen LogP contribution is -2.07. The molecule has 2 aromatic carbocycles. The second kappa shape index (κ2) is 12.0. The first kappa shape index (κ1) is 26.0. The summed E-state index contributed by atoms with van der Waals surface area (Å²) in [6, 6.07) is 9.64. The molecule has 2 aromatic rings. The summed E-state index contributed by atoms with van der Waals surface area (Å²) in [5, 5.41) is 27.7. The summed E-state index contributed by atoms with van der Waals surface area (Å²) in [7, 11) is 3.20. The maximum atomic E-state index is 12.9. The molecular weight excluding hydrogens is 433 g/mol. The normalized spacial score (nSPS) is 10.6. The van der Waals surface area contributed by atoms with E-state index in [9.17, 15) is 22.8 Å². The van der Waals surface area contributed by atoms with Crippen molar-refractivity contribution in [3.8, 4) is 23.3 Å². The molecule has 0 unspecified atom stereocenters. The molecule has 0 fully saturated rings. The van der Waals surface area contributed by atoms with Gasteiger partial charge in [-0.15, -0.1) is 0 Å². The molecule has 0 atom stereocenters. The highest BCUT2D eigenvalue weighted by Crippen LogP contribution is 2.38. The van der Waals surface area contributed by atoms with Crippen LogP contribution in [0.1, 0.15) is 16.7 Å². The Morgan fingerprint density at radius 2 is 1.75 bits per heavy atom.